The van der Waals surface area contributed by atoms with Gasteiger partial charge in [0.1, 0.15) is 16.3 Å². The molecule has 1 heterocycles. The molecule has 0 aliphatic rings. The van der Waals surface area contributed by atoms with Crippen molar-refractivity contribution in [3.8, 4) is 22.6 Å². The molecule has 104 valence electrons. The number of H-pyrrole nitrogens is 1. The summed E-state index contributed by atoms with van der Waals surface area (Å²) in [4.78, 5) is 7.57. The Morgan fingerprint density at radius 1 is 1.05 bits per heavy atom. The Balaban J connectivity index is 2.16. The van der Waals surface area contributed by atoms with Gasteiger partial charge in [0, 0.05) is 15.7 Å². The Morgan fingerprint density at radius 2 is 1.81 bits per heavy atom. The standard InChI is InChI=1S/C16H10BrFN2S/c17-13-8-11(18)6-7-12(13)16-19-14(9-15(21)20-16)10-4-2-1-3-5-10/h1-9H,(H,19,20,21). The summed E-state index contributed by atoms with van der Waals surface area (Å²) in [5.41, 5.74) is 2.66. The van der Waals surface area contributed by atoms with Crippen LogP contribution < -0.4 is 0 Å². The van der Waals surface area contributed by atoms with Crippen molar-refractivity contribution in [2.75, 3.05) is 0 Å². The average Bonchev–Trinajstić information content (AvgIpc) is 2.47. The van der Waals surface area contributed by atoms with E-state index in [4.69, 9.17) is 12.2 Å². The fourth-order valence-corrected chi connectivity index (χ4v) is 2.79. The van der Waals surface area contributed by atoms with Crippen LogP contribution in [0, 0.1) is 10.5 Å². The molecule has 0 amide bonds. The first-order valence-electron chi connectivity index (χ1n) is 6.26. The lowest BCUT2D eigenvalue weighted by Gasteiger charge is -2.08. The second kappa shape index (κ2) is 5.87. The summed E-state index contributed by atoms with van der Waals surface area (Å²) in [6, 6.07) is 16.1. The van der Waals surface area contributed by atoms with Crippen LogP contribution in [0.1, 0.15) is 0 Å². The summed E-state index contributed by atoms with van der Waals surface area (Å²) in [6.07, 6.45) is 0. The van der Waals surface area contributed by atoms with Crippen LogP contribution in [0.2, 0.25) is 0 Å². The minimum absolute atomic E-state index is 0.302. The van der Waals surface area contributed by atoms with Crippen LogP contribution in [0.5, 0.6) is 0 Å². The van der Waals surface area contributed by atoms with E-state index in [1.54, 1.807) is 6.07 Å². The van der Waals surface area contributed by atoms with Gasteiger partial charge in [0.05, 0.1) is 0 Å². The number of nitrogens with zero attached hydrogens (tertiary/aromatic N) is 1. The third-order valence-electron chi connectivity index (χ3n) is 3.01. The van der Waals surface area contributed by atoms with Crippen molar-refractivity contribution in [1.82, 2.24) is 9.97 Å². The third kappa shape index (κ3) is 3.09. The van der Waals surface area contributed by atoms with E-state index in [-0.39, 0.29) is 5.82 Å². The lowest BCUT2D eigenvalue weighted by atomic mass is 10.1. The van der Waals surface area contributed by atoms with Crippen LogP contribution in [0.3, 0.4) is 0 Å². The molecule has 21 heavy (non-hydrogen) atoms. The highest BCUT2D eigenvalue weighted by atomic mass is 79.9. The lowest BCUT2D eigenvalue weighted by Crippen LogP contribution is -1.94. The highest BCUT2D eigenvalue weighted by Crippen LogP contribution is 2.28. The topological polar surface area (TPSA) is 28.7 Å². The quantitative estimate of drug-likeness (QED) is 0.622. The second-order valence-corrected chi connectivity index (χ2v) is 5.74. The van der Waals surface area contributed by atoms with Crippen molar-refractivity contribution in [3.63, 3.8) is 0 Å². The molecule has 3 rings (SSSR count). The van der Waals surface area contributed by atoms with Crippen LogP contribution in [-0.4, -0.2) is 9.97 Å². The van der Waals surface area contributed by atoms with Crippen molar-refractivity contribution in [2.45, 2.75) is 0 Å². The van der Waals surface area contributed by atoms with Gasteiger partial charge in [-0.15, -0.1) is 0 Å². The minimum Gasteiger partial charge on any atom is -0.339 e. The summed E-state index contributed by atoms with van der Waals surface area (Å²) in [5.74, 6) is 0.302. The van der Waals surface area contributed by atoms with Gasteiger partial charge >= 0.3 is 0 Å². The Morgan fingerprint density at radius 3 is 2.52 bits per heavy atom. The number of halogens is 2. The zero-order chi connectivity index (χ0) is 14.8. The van der Waals surface area contributed by atoms with E-state index < -0.39 is 0 Å². The third-order valence-corrected chi connectivity index (χ3v) is 3.88. The van der Waals surface area contributed by atoms with Crippen molar-refractivity contribution < 1.29 is 4.39 Å². The fraction of sp³-hybridized carbons (Fsp3) is 0. The monoisotopic (exact) mass is 360 g/mol. The average molecular weight is 361 g/mol. The molecule has 1 N–H and O–H groups in total. The number of nitrogens with one attached hydrogen (secondary N) is 1. The molecule has 2 aromatic carbocycles. The van der Waals surface area contributed by atoms with Crippen LogP contribution in [0.15, 0.2) is 59.1 Å². The Labute approximate surface area is 134 Å². The molecule has 0 unspecified atom stereocenters. The SMILES string of the molecule is Fc1ccc(-c2nc(=S)cc(-c3ccccc3)[nH]2)c(Br)c1. The largest absolute Gasteiger partial charge is 0.339 e. The summed E-state index contributed by atoms with van der Waals surface area (Å²) in [5, 5.41) is 0. The maximum absolute atomic E-state index is 13.2. The molecule has 0 aliphatic heterocycles. The molecule has 0 bridgehead atoms. The predicted molar refractivity (Wildman–Crippen MR) is 88.0 cm³/mol. The number of aromatic amines is 1. The molecule has 2 nitrogen and oxygen atoms in total. The Kier molecular flexibility index (Phi) is 3.94. The van der Waals surface area contributed by atoms with Gasteiger partial charge in [0.2, 0.25) is 0 Å². The molecule has 0 radical (unpaired) electrons. The van der Waals surface area contributed by atoms with Gasteiger partial charge in [-0.25, -0.2) is 9.37 Å². The van der Waals surface area contributed by atoms with Crippen molar-refractivity contribution in [2.24, 2.45) is 0 Å². The molecular formula is C16H10BrFN2S. The number of rotatable bonds is 2. The first-order valence-corrected chi connectivity index (χ1v) is 7.46. The van der Waals surface area contributed by atoms with Crippen LogP contribution in [0.25, 0.3) is 22.6 Å². The zero-order valence-corrected chi connectivity index (χ0v) is 13.2. The molecule has 0 saturated heterocycles. The van der Waals surface area contributed by atoms with Crippen LogP contribution in [-0.2, 0) is 0 Å². The zero-order valence-electron chi connectivity index (χ0n) is 10.8. The molecule has 3 aromatic rings. The van der Waals surface area contributed by atoms with Gasteiger partial charge < -0.3 is 4.98 Å². The van der Waals surface area contributed by atoms with Gasteiger partial charge in [-0.1, -0.05) is 42.5 Å². The molecule has 0 spiro atoms. The minimum atomic E-state index is -0.302. The number of aromatic nitrogens is 2. The van der Waals surface area contributed by atoms with E-state index >= 15 is 0 Å². The Hall–Kier alpha value is -1.85. The van der Waals surface area contributed by atoms with E-state index in [1.165, 1.54) is 12.1 Å². The van der Waals surface area contributed by atoms with Gasteiger partial charge in [-0.05, 0) is 45.8 Å². The van der Waals surface area contributed by atoms with Gasteiger partial charge in [-0.2, -0.15) is 0 Å². The van der Waals surface area contributed by atoms with E-state index in [2.05, 4.69) is 25.9 Å². The lowest BCUT2D eigenvalue weighted by molar-refractivity contribution is 0.627. The molecule has 0 fully saturated rings. The first kappa shape index (κ1) is 14.1. The van der Waals surface area contributed by atoms with Crippen molar-refractivity contribution >= 4 is 28.1 Å². The molecule has 0 aliphatic carbocycles. The number of benzene rings is 2. The highest BCUT2D eigenvalue weighted by Gasteiger charge is 2.08. The molecular weight excluding hydrogens is 351 g/mol. The van der Waals surface area contributed by atoms with E-state index in [9.17, 15) is 4.39 Å². The predicted octanol–water partition coefficient (Wildman–Crippen LogP) is 5.37. The molecule has 0 atom stereocenters. The second-order valence-electron chi connectivity index (χ2n) is 4.47. The summed E-state index contributed by atoms with van der Waals surface area (Å²) in [6.45, 7) is 0. The van der Waals surface area contributed by atoms with Gasteiger partial charge in [-0.3, -0.25) is 0 Å². The fourth-order valence-electron chi connectivity index (χ4n) is 2.04. The number of hydrogen-bond acceptors (Lipinski definition) is 2. The van der Waals surface area contributed by atoms with Gasteiger partial charge in [0.25, 0.3) is 0 Å². The molecule has 5 heteroatoms. The summed E-state index contributed by atoms with van der Waals surface area (Å²) < 4.78 is 14.3. The van der Waals surface area contributed by atoms with E-state index in [1.807, 2.05) is 36.4 Å². The Bertz CT molecular complexity index is 846. The van der Waals surface area contributed by atoms with Crippen molar-refractivity contribution in [1.29, 1.82) is 0 Å². The maximum Gasteiger partial charge on any atom is 0.140 e. The summed E-state index contributed by atoms with van der Waals surface area (Å²) >= 11 is 8.59. The van der Waals surface area contributed by atoms with E-state index in [0.717, 1.165) is 16.8 Å². The van der Waals surface area contributed by atoms with Gasteiger partial charge in [0.15, 0.2) is 0 Å². The number of hydrogen-bond donors (Lipinski definition) is 1. The first-order chi connectivity index (χ1) is 10.1. The van der Waals surface area contributed by atoms with Crippen LogP contribution in [0.4, 0.5) is 4.39 Å². The van der Waals surface area contributed by atoms with Crippen LogP contribution >= 0.6 is 28.1 Å². The molecule has 0 saturated carbocycles. The normalized spacial score (nSPS) is 10.6. The summed E-state index contributed by atoms with van der Waals surface area (Å²) in [7, 11) is 0. The van der Waals surface area contributed by atoms with Crippen molar-refractivity contribution in [3.05, 3.63) is 69.5 Å². The highest BCUT2D eigenvalue weighted by molar-refractivity contribution is 9.10. The molecule has 1 aromatic heterocycles. The maximum atomic E-state index is 13.2. The smallest absolute Gasteiger partial charge is 0.140 e. The van der Waals surface area contributed by atoms with E-state index in [0.29, 0.717) is 14.9 Å².